The fourth-order valence-corrected chi connectivity index (χ4v) is 6.06. The van der Waals surface area contributed by atoms with Gasteiger partial charge in [-0.25, -0.2) is 8.42 Å². The molecule has 0 radical (unpaired) electrons. The van der Waals surface area contributed by atoms with Crippen LogP contribution < -0.4 is 5.32 Å². The third-order valence-electron chi connectivity index (χ3n) is 4.77. The van der Waals surface area contributed by atoms with Gasteiger partial charge in [0.15, 0.2) is 0 Å². The van der Waals surface area contributed by atoms with Crippen molar-refractivity contribution >= 4 is 55.6 Å². The van der Waals surface area contributed by atoms with Gasteiger partial charge in [-0.2, -0.15) is 4.31 Å². The van der Waals surface area contributed by atoms with Crippen molar-refractivity contribution in [2.24, 2.45) is 0 Å². The van der Waals surface area contributed by atoms with Crippen molar-refractivity contribution in [1.82, 2.24) is 14.5 Å². The molecule has 0 spiro atoms. The summed E-state index contributed by atoms with van der Waals surface area (Å²) in [5.74, 6) is -0.549. The van der Waals surface area contributed by atoms with E-state index in [-0.39, 0.29) is 33.1 Å². The highest BCUT2D eigenvalue weighted by Gasteiger charge is 2.29. The van der Waals surface area contributed by atoms with Gasteiger partial charge in [-0.3, -0.25) is 10.1 Å². The number of anilines is 1. The van der Waals surface area contributed by atoms with Crippen molar-refractivity contribution in [3.05, 3.63) is 106 Å². The fraction of sp³-hybridized carbons (Fsp3) is 0.0870. The van der Waals surface area contributed by atoms with E-state index in [0.29, 0.717) is 5.02 Å². The molecule has 4 rings (SSSR count). The zero-order valence-corrected chi connectivity index (χ0v) is 20.7. The summed E-state index contributed by atoms with van der Waals surface area (Å²) in [5, 5.41) is 10.8. The largest absolute Gasteiger partial charge is 0.296 e. The quantitative estimate of drug-likeness (QED) is 0.303. The molecule has 1 N–H and O–H groups in total. The van der Waals surface area contributed by atoms with E-state index in [0.717, 1.165) is 22.5 Å². The summed E-state index contributed by atoms with van der Waals surface area (Å²) in [4.78, 5) is 12.6. The van der Waals surface area contributed by atoms with Crippen LogP contribution in [-0.4, -0.2) is 28.8 Å². The Morgan fingerprint density at radius 3 is 2.03 bits per heavy atom. The predicted octanol–water partition coefficient (Wildman–Crippen LogP) is 5.49. The zero-order valence-electron chi connectivity index (χ0n) is 17.6. The molecule has 1 aromatic heterocycles. The number of hydrogen-bond acceptors (Lipinski definition) is 6. The summed E-state index contributed by atoms with van der Waals surface area (Å²) >= 11 is 12.7. The summed E-state index contributed by atoms with van der Waals surface area (Å²) in [6.07, 6.45) is 0. The molecule has 0 aliphatic rings. The van der Waals surface area contributed by atoms with Gasteiger partial charge >= 0.3 is 0 Å². The number of aromatic nitrogens is 2. The number of amides is 1. The van der Waals surface area contributed by atoms with Gasteiger partial charge in [-0.1, -0.05) is 95.2 Å². The first kappa shape index (κ1) is 24.3. The second-order valence-electron chi connectivity index (χ2n) is 7.20. The first-order valence-electron chi connectivity index (χ1n) is 10.0. The molecular formula is C23H18Cl2N4O3S2. The average molecular weight is 533 g/mol. The SMILES string of the molecule is O=C(Nc1nnc(S(=O)(=O)N(Cc2ccccc2)Cc2ccccc2)s1)c1ccc(Cl)cc1Cl. The lowest BCUT2D eigenvalue weighted by Gasteiger charge is -2.21. The van der Waals surface area contributed by atoms with Crippen molar-refractivity contribution in [3.63, 3.8) is 0 Å². The van der Waals surface area contributed by atoms with Gasteiger partial charge in [-0.15, -0.1) is 10.2 Å². The maximum atomic E-state index is 13.5. The van der Waals surface area contributed by atoms with E-state index in [1.165, 1.54) is 22.5 Å². The predicted molar refractivity (Wildman–Crippen MR) is 134 cm³/mol. The minimum absolute atomic E-state index is 0.0361. The molecule has 1 heterocycles. The summed E-state index contributed by atoms with van der Waals surface area (Å²) in [7, 11) is -4.01. The van der Waals surface area contributed by atoms with Crippen LogP contribution in [0.5, 0.6) is 0 Å². The minimum Gasteiger partial charge on any atom is -0.296 e. The van der Waals surface area contributed by atoms with Crippen LogP contribution in [0.1, 0.15) is 21.5 Å². The Hall–Kier alpha value is -2.82. The Morgan fingerprint density at radius 2 is 1.47 bits per heavy atom. The van der Waals surface area contributed by atoms with E-state index >= 15 is 0 Å². The van der Waals surface area contributed by atoms with Crippen LogP contribution in [0.4, 0.5) is 5.13 Å². The molecule has 34 heavy (non-hydrogen) atoms. The van der Waals surface area contributed by atoms with Gasteiger partial charge in [0.05, 0.1) is 10.6 Å². The summed E-state index contributed by atoms with van der Waals surface area (Å²) in [5.41, 5.74) is 1.84. The van der Waals surface area contributed by atoms with Crippen molar-refractivity contribution in [1.29, 1.82) is 0 Å². The normalized spacial score (nSPS) is 11.5. The molecule has 0 bridgehead atoms. The van der Waals surface area contributed by atoms with Crippen LogP contribution in [0.2, 0.25) is 10.0 Å². The third-order valence-corrected chi connectivity index (χ3v) is 8.29. The summed E-state index contributed by atoms with van der Waals surface area (Å²) < 4.78 is 28.1. The number of benzene rings is 3. The maximum Gasteiger partial charge on any atom is 0.272 e. The zero-order chi connectivity index (χ0) is 24.1. The molecule has 4 aromatic rings. The number of nitrogens with one attached hydrogen (secondary N) is 1. The first-order valence-corrected chi connectivity index (χ1v) is 13.0. The van der Waals surface area contributed by atoms with Gasteiger partial charge in [-0.05, 0) is 29.3 Å². The maximum absolute atomic E-state index is 13.5. The Kier molecular flexibility index (Phi) is 7.60. The smallest absolute Gasteiger partial charge is 0.272 e. The van der Waals surface area contributed by atoms with E-state index < -0.39 is 15.9 Å². The van der Waals surface area contributed by atoms with Gasteiger partial charge in [0.25, 0.3) is 15.9 Å². The highest BCUT2D eigenvalue weighted by Crippen LogP contribution is 2.27. The number of halogens is 2. The molecular weight excluding hydrogens is 515 g/mol. The van der Waals surface area contributed by atoms with E-state index in [2.05, 4.69) is 15.5 Å². The number of carbonyl (C=O) groups is 1. The van der Waals surface area contributed by atoms with Crippen molar-refractivity contribution in [2.75, 3.05) is 5.32 Å². The Bertz CT molecular complexity index is 1360. The van der Waals surface area contributed by atoms with Gasteiger partial charge in [0.2, 0.25) is 9.47 Å². The minimum atomic E-state index is -4.01. The van der Waals surface area contributed by atoms with E-state index in [4.69, 9.17) is 23.2 Å². The fourth-order valence-electron chi connectivity index (χ4n) is 3.11. The highest BCUT2D eigenvalue weighted by molar-refractivity contribution is 7.91. The lowest BCUT2D eigenvalue weighted by molar-refractivity contribution is 0.102. The summed E-state index contributed by atoms with van der Waals surface area (Å²) in [6.45, 7) is 0.305. The topological polar surface area (TPSA) is 92.3 Å². The molecule has 0 aliphatic carbocycles. The van der Waals surface area contributed by atoms with Gasteiger partial charge in [0.1, 0.15) is 0 Å². The second kappa shape index (κ2) is 10.6. The molecule has 174 valence electrons. The van der Waals surface area contributed by atoms with Crippen LogP contribution in [0, 0.1) is 0 Å². The van der Waals surface area contributed by atoms with E-state index in [1.54, 1.807) is 0 Å². The van der Waals surface area contributed by atoms with Gasteiger partial charge in [0, 0.05) is 18.1 Å². The Labute approximate surface area is 211 Å². The van der Waals surface area contributed by atoms with Gasteiger partial charge < -0.3 is 0 Å². The Balaban J connectivity index is 1.58. The Morgan fingerprint density at radius 1 is 0.882 bits per heavy atom. The molecule has 7 nitrogen and oxygen atoms in total. The number of sulfonamides is 1. The highest BCUT2D eigenvalue weighted by atomic mass is 35.5. The molecule has 1 amide bonds. The lowest BCUT2D eigenvalue weighted by Crippen LogP contribution is -2.30. The average Bonchev–Trinajstić information content (AvgIpc) is 3.29. The molecule has 0 atom stereocenters. The van der Waals surface area contributed by atoms with Crippen LogP contribution in [0.25, 0.3) is 0 Å². The monoisotopic (exact) mass is 532 g/mol. The molecule has 0 saturated heterocycles. The summed E-state index contributed by atoms with van der Waals surface area (Å²) in [6, 6.07) is 23.0. The molecule has 3 aromatic carbocycles. The van der Waals surface area contributed by atoms with Crippen molar-refractivity contribution in [2.45, 2.75) is 17.4 Å². The molecule has 0 aliphatic heterocycles. The van der Waals surface area contributed by atoms with Crippen LogP contribution in [0.3, 0.4) is 0 Å². The number of nitrogens with zero attached hydrogens (tertiary/aromatic N) is 3. The number of hydrogen-bond donors (Lipinski definition) is 1. The standard InChI is InChI=1S/C23H18Cl2N4O3S2/c24-18-11-12-19(20(25)13-18)21(30)26-22-27-28-23(33-22)34(31,32)29(14-16-7-3-1-4-8-16)15-17-9-5-2-6-10-17/h1-13H,14-15H2,(H,26,27,30). The number of carbonyl (C=O) groups excluding carboxylic acids is 1. The number of rotatable bonds is 8. The lowest BCUT2D eigenvalue weighted by atomic mass is 10.2. The molecule has 0 fully saturated rings. The molecule has 11 heteroatoms. The third kappa shape index (κ3) is 5.81. The first-order chi connectivity index (χ1) is 16.3. The van der Waals surface area contributed by atoms with Crippen LogP contribution in [0.15, 0.2) is 83.2 Å². The van der Waals surface area contributed by atoms with Crippen LogP contribution in [-0.2, 0) is 23.1 Å². The van der Waals surface area contributed by atoms with Crippen molar-refractivity contribution in [3.8, 4) is 0 Å². The second-order valence-corrected chi connectivity index (χ2v) is 11.1. The van der Waals surface area contributed by atoms with E-state index in [9.17, 15) is 13.2 Å². The molecule has 0 unspecified atom stereocenters. The van der Waals surface area contributed by atoms with E-state index in [1.807, 2.05) is 60.7 Å². The van der Waals surface area contributed by atoms with Crippen molar-refractivity contribution < 1.29 is 13.2 Å². The molecule has 0 saturated carbocycles. The van der Waals surface area contributed by atoms with Crippen LogP contribution >= 0.6 is 34.5 Å².